The van der Waals surface area contributed by atoms with E-state index in [4.69, 9.17) is 18.9 Å². The molecule has 0 N–H and O–H groups in total. The number of aryl methyl sites for hydroxylation is 1. The van der Waals surface area contributed by atoms with Crippen molar-refractivity contribution in [2.45, 2.75) is 12.8 Å². The van der Waals surface area contributed by atoms with Gasteiger partial charge < -0.3 is 23.8 Å². The van der Waals surface area contributed by atoms with E-state index in [0.717, 1.165) is 5.56 Å². The number of hydrogen-bond donors (Lipinski definition) is 0. The van der Waals surface area contributed by atoms with Crippen LogP contribution in [-0.4, -0.2) is 57.8 Å². The molecule has 27 heavy (non-hydrogen) atoms. The van der Waals surface area contributed by atoms with Gasteiger partial charge in [-0.05, 0) is 24.1 Å². The Hall–Kier alpha value is -2.96. The Balaban J connectivity index is 2.63. The van der Waals surface area contributed by atoms with Crippen LogP contribution in [0.2, 0.25) is 0 Å². The van der Waals surface area contributed by atoms with Gasteiger partial charge in [0.25, 0.3) is 5.91 Å². The van der Waals surface area contributed by atoms with Crippen molar-refractivity contribution in [2.24, 2.45) is 0 Å². The third kappa shape index (κ3) is 6.69. The standard InChI is InChI=1S/C20H27NO6/c1-6-10-21(11-7-2)18(22)14-27-19(23)9-8-15-12-16(24-3)20(26-5)17(13-15)25-4/h6-7,12-13H,1-2,8-11,14H2,3-5H3. The van der Waals surface area contributed by atoms with Crippen molar-refractivity contribution in [2.75, 3.05) is 41.0 Å². The number of rotatable bonds is 12. The van der Waals surface area contributed by atoms with E-state index in [0.29, 0.717) is 36.8 Å². The molecular formula is C20H27NO6. The second kappa shape index (κ2) is 11.6. The van der Waals surface area contributed by atoms with E-state index in [1.807, 2.05) is 0 Å². The molecule has 0 saturated heterocycles. The number of hydrogen-bond acceptors (Lipinski definition) is 6. The van der Waals surface area contributed by atoms with E-state index >= 15 is 0 Å². The van der Waals surface area contributed by atoms with E-state index < -0.39 is 5.97 Å². The SMILES string of the molecule is C=CCN(CC=C)C(=O)COC(=O)CCc1cc(OC)c(OC)c(OC)c1. The molecule has 7 nitrogen and oxygen atoms in total. The Kier molecular flexibility index (Phi) is 9.50. The highest BCUT2D eigenvalue weighted by molar-refractivity contribution is 5.81. The number of carbonyl (C=O) groups is 2. The molecule has 7 heteroatoms. The fourth-order valence-electron chi connectivity index (χ4n) is 2.42. The summed E-state index contributed by atoms with van der Waals surface area (Å²) < 4.78 is 20.9. The third-order valence-corrected chi connectivity index (χ3v) is 3.75. The number of methoxy groups -OCH3 is 3. The molecule has 1 rings (SSSR count). The van der Waals surface area contributed by atoms with E-state index in [-0.39, 0.29) is 18.9 Å². The number of amides is 1. The smallest absolute Gasteiger partial charge is 0.306 e. The molecule has 0 radical (unpaired) electrons. The third-order valence-electron chi connectivity index (χ3n) is 3.75. The molecule has 0 heterocycles. The molecule has 1 aromatic carbocycles. The summed E-state index contributed by atoms with van der Waals surface area (Å²) in [6, 6.07) is 3.55. The molecule has 0 aliphatic carbocycles. The monoisotopic (exact) mass is 377 g/mol. The normalized spacial score (nSPS) is 9.89. The van der Waals surface area contributed by atoms with Gasteiger partial charge >= 0.3 is 5.97 Å². The first-order chi connectivity index (χ1) is 13.0. The minimum Gasteiger partial charge on any atom is -0.493 e. The van der Waals surface area contributed by atoms with Gasteiger partial charge in [0.2, 0.25) is 5.75 Å². The maximum absolute atomic E-state index is 12.0. The highest BCUT2D eigenvalue weighted by Gasteiger charge is 2.16. The van der Waals surface area contributed by atoms with Crippen LogP contribution >= 0.6 is 0 Å². The lowest BCUT2D eigenvalue weighted by Crippen LogP contribution is -2.35. The lowest BCUT2D eigenvalue weighted by molar-refractivity contribution is -0.151. The first-order valence-corrected chi connectivity index (χ1v) is 8.44. The lowest BCUT2D eigenvalue weighted by Gasteiger charge is -2.19. The molecule has 0 bridgehead atoms. The predicted molar refractivity (Wildman–Crippen MR) is 102 cm³/mol. The van der Waals surface area contributed by atoms with Crippen LogP contribution in [0.3, 0.4) is 0 Å². The van der Waals surface area contributed by atoms with Crippen LogP contribution in [0.5, 0.6) is 17.2 Å². The average Bonchev–Trinajstić information content (AvgIpc) is 2.69. The Morgan fingerprint density at radius 3 is 2.00 bits per heavy atom. The molecule has 1 aromatic rings. The fraction of sp³-hybridized carbons (Fsp3) is 0.400. The Morgan fingerprint density at radius 1 is 1.00 bits per heavy atom. The summed E-state index contributed by atoms with van der Waals surface area (Å²) in [7, 11) is 4.58. The predicted octanol–water partition coefficient (Wildman–Crippen LogP) is 2.39. The highest BCUT2D eigenvalue weighted by Crippen LogP contribution is 2.38. The van der Waals surface area contributed by atoms with Gasteiger partial charge in [0.05, 0.1) is 21.3 Å². The molecular weight excluding hydrogens is 350 g/mol. The molecule has 0 aromatic heterocycles. The first kappa shape index (κ1) is 22.1. The van der Waals surface area contributed by atoms with Crippen LogP contribution in [0, 0.1) is 0 Å². The van der Waals surface area contributed by atoms with Gasteiger partial charge in [-0.15, -0.1) is 13.2 Å². The molecule has 0 aliphatic rings. The average molecular weight is 377 g/mol. The zero-order valence-corrected chi connectivity index (χ0v) is 16.2. The molecule has 0 spiro atoms. The van der Waals surface area contributed by atoms with Crippen LogP contribution in [0.1, 0.15) is 12.0 Å². The molecule has 0 unspecified atom stereocenters. The van der Waals surface area contributed by atoms with Crippen LogP contribution in [-0.2, 0) is 20.7 Å². The number of nitrogens with zero attached hydrogens (tertiary/aromatic N) is 1. The number of carbonyl (C=O) groups excluding carboxylic acids is 2. The number of benzene rings is 1. The van der Waals surface area contributed by atoms with Gasteiger partial charge in [-0.25, -0.2) is 0 Å². The number of ether oxygens (including phenoxy) is 4. The summed E-state index contributed by atoms with van der Waals surface area (Å²) in [4.78, 5) is 25.5. The molecule has 0 atom stereocenters. The summed E-state index contributed by atoms with van der Waals surface area (Å²) >= 11 is 0. The van der Waals surface area contributed by atoms with Crippen LogP contribution in [0.4, 0.5) is 0 Å². The van der Waals surface area contributed by atoms with E-state index in [1.165, 1.54) is 26.2 Å². The summed E-state index contributed by atoms with van der Waals surface area (Å²) in [5.74, 6) is 0.756. The minimum atomic E-state index is -0.464. The molecule has 0 aliphatic heterocycles. The van der Waals surface area contributed by atoms with Crippen molar-refractivity contribution < 1.29 is 28.5 Å². The second-order valence-electron chi connectivity index (χ2n) is 5.57. The Morgan fingerprint density at radius 2 is 1.56 bits per heavy atom. The van der Waals surface area contributed by atoms with E-state index in [1.54, 1.807) is 24.3 Å². The van der Waals surface area contributed by atoms with Gasteiger partial charge in [0.15, 0.2) is 18.1 Å². The maximum Gasteiger partial charge on any atom is 0.306 e. The molecule has 0 saturated carbocycles. The summed E-state index contributed by atoms with van der Waals surface area (Å²) in [6.07, 6.45) is 3.74. The molecule has 1 amide bonds. The van der Waals surface area contributed by atoms with Gasteiger partial charge in [0, 0.05) is 19.5 Å². The van der Waals surface area contributed by atoms with Crippen molar-refractivity contribution in [1.29, 1.82) is 0 Å². The van der Waals surface area contributed by atoms with Crippen molar-refractivity contribution in [3.05, 3.63) is 43.0 Å². The van der Waals surface area contributed by atoms with Crippen molar-refractivity contribution in [3.63, 3.8) is 0 Å². The van der Waals surface area contributed by atoms with Crippen LogP contribution in [0.25, 0.3) is 0 Å². The summed E-state index contributed by atoms with van der Waals surface area (Å²) in [6.45, 7) is 7.63. The summed E-state index contributed by atoms with van der Waals surface area (Å²) in [5, 5.41) is 0. The topological polar surface area (TPSA) is 74.3 Å². The van der Waals surface area contributed by atoms with Gasteiger partial charge in [-0.2, -0.15) is 0 Å². The van der Waals surface area contributed by atoms with Gasteiger partial charge in [0.1, 0.15) is 0 Å². The van der Waals surface area contributed by atoms with Crippen LogP contribution in [0.15, 0.2) is 37.4 Å². The Bertz CT molecular complexity index is 635. The summed E-state index contributed by atoms with van der Waals surface area (Å²) in [5.41, 5.74) is 0.827. The van der Waals surface area contributed by atoms with E-state index in [9.17, 15) is 9.59 Å². The largest absolute Gasteiger partial charge is 0.493 e. The van der Waals surface area contributed by atoms with Crippen molar-refractivity contribution >= 4 is 11.9 Å². The quantitative estimate of drug-likeness (QED) is 0.411. The maximum atomic E-state index is 12.0. The highest BCUT2D eigenvalue weighted by atomic mass is 16.5. The number of esters is 1. The van der Waals surface area contributed by atoms with Crippen molar-refractivity contribution in [3.8, 4) is 17.2 Å². The second-order valence-corrected chi connectivity index (χ2v) is 5.57. The lowest BCUT2D eigenvalue weighted by atomic mass is 10.1. The van der Waals surface area contributed by atoms with Gasteiger partial charge in [-0.3, -0.25) is 9.59 Å². The van der Waals surface area contributed by atoms with Crippen LogP contribution < -0.4 is 14.2 Å². The Labute approximate surface area is 160 Å². The first-order valence-electron chi connectivity index (χ1n) is 8.44. The fourth-order valence-corrected chi connectivity index (χ4v) is 2.42. The molecule has 0 fully saturated rings. The minimum absolute atomic E-state index is 0.120. The van der Waals surface area contributed by atoms with Crippen molar-refractivity contribution in [1.82, 2.24) is 4.90 Å². The zero-order valence-electron chi connectivity index (χ0n) is 16.2. The van der Waals surface area contributed by atoms with E-state index in [2.05, 4.69) is 13.2 Å². The zero-order chi connectivity index (χ0) is 20.2. The molecule has 148 valence electrons. The van der Waals surface area contributed by atoms with Gasteiger partial charge in [-0.1, -0.05) is 12.2 Å².